The van der Waals surface area contributed by atoms with Gasteiger partial charge in [-0.3, -0.25) is 0 Å². The van der Waals surface area contributed by atoms with E-state index in [9.17, 15) is 4.79 Å². The maximum Gasteiger partial charge on any atom is 0.125 e. The van der Waals surface area contributed by atoms with E-state index in [1.54, 1.807) is 6.92 Å². The summed E-state index contributed by atoms with van der Waals surface area (Å²) in [7, 11) is 0. The Balaban J connectivity index is 3.36. The molecule has 0 aromatic rings. The van der Waals surface area contributed by atoms with Gasteiger partial charge in [-0.15, -0.1) is 0 Å². The Labute approximate surface area is 41.6 Å². The van der Waals surface area contributed by atoms with Crippen LogP contribution in [0.4, 0.5) is 0 Å². The molecule has 0 aliphatic carbocycles. The van der Waals surface area contributed by atoms with E-state index < -0.39 is 0 Å². The molecule has 0 saturated carbocycles. The smallest absolute Gasteiger partial charge is 0.125 e. The minimum absolute atomic E-state index is 0.219. The standard InChI is InChI=1S/C4H7NO2/c1-4(5-7)2-3-6/h3,7H,2H2,1H3. The number of aldehydes is 1. The molecule has 0 radical (unpaired) electrons. The first-order valence-corrected chi connectivity index (χ1v) is 1.92. The third kappa shape index (κ3) is 2.96. The zero-order valence-corrected chi connectivity index (χ0v) is 4.09. The predicted octanol–water partition coefficient (Wildman–Crippen LogP) is 0.426. The third-order valence-corrected chi connectivity index (χ3v) is 0.549. The van der Waals surface area contributed by atoms with Gasteiger partial charge in [0.25, 0.3) is 0 Å². The molecule has 0 bridgehead atoms. The summed E-state index contributed by atoms with van der Waals surface area (Å²) in [6.07, 6.45) is 0.908. The fourth-order valence-electron chi connectivity index (χ4n) is 0.161. The number of hydrogen-bond acceptors (Lipinski definition) is 3. The highest BCUT2D eigenvalue weighted by Gasteiger charge is 1.84. The molecule has 0 atom stereocenters. The fourth-order valence-corrected chi connectivity index (χ4v) is 0.161. The summed E-state index contributed by atoms with van der Waals surface area (Å²) >= 11 is 0. The molecule has 0 aliphatic rings. The van der Waals surface area contributed by atoms with Crippen LogP contribution in [0, 0.1) is 0 Å². The zero-order valence-electron chi connectivity index (χ0n) is 4.09. The summed E-state index contributed by atoms with van der Waals surface area (Å²) < 4.78 is 0. The van der Waals surface area contributed by atoms with Crippen molar-refractivity contribution >= 4 is 12.0 Å². The van der Waals surface area contributed by atoms with E-state index >= 15 is 0 Å². The average molecular weight is 101 g/mol. The van der Waals surface area contributed by atoms with Gasteiger partial charge in [-0.25, -0.2) is 0 Å². The quantitative estimate of drug-likeness (QED) is 0.237. The monoisotopic (exact) mass is 101 g/mol. The summed E-state index contributed by atoms with van der Waals surface area (Å²) in [5, 5.41) is 10.7. The SMILES string of the molecule is CC(CC=O)=NO. The summed E-state index contributed by atoms with van der Waals surface area (Å²) in [6, 6.07) is 0. The molecule has 0 aromatic carbocycles. The second kappa shape index (κ2) is 3.33. The highest BCUT2D eigenvalue weighted by Crippen LogP contribution is 1.76. The lowest BCUT2D eigenvalue weighted by atomic mass is 10.3. The van der Waals surface area contributed by atoms with E-state index in [0.29, 0.717) is 12.0 Å². The first kappa shape index (κ1) is 6.14. The van der Waals surface area contributed by atoms with Crippen molar-refractivity contribution in [3.63, 3.8) is 0 Å². The second-order valence-corrected chi connectivity index (χ2v) is 1.21. The van der Waals surface area contributed by atoms with Crippen LogP contribution in [0.2, 0.25) is 0 Å². The van der Waals surface area contributed by atoms with Crippen molar-refractivity contribution in [2.45, 2.75) is 13.3 Å². The van der Waals surface area contributed by atoms with Crippen LogP contribution >= 0.6 is 0 Å². The molecule has 0 aromatic heterocycles. The van der Waals surface area contributed by atoms with Crippen molar-refractivity contribution < 1.29 is 10.0 Å². The Bertz CT molecular complexity index is 87.7. The molecule has 3 heteroatoms. The van der Waals surface area contributed by atoms with Crippen molar-refractivity contribution in [1.82, 2.24) is 0 Å². The van der Waals surface area contributed by atoms with Gasteiger partial charge in [0, 0.05) is 6.42 Å². The Hall–Kier alpha value is -0.860. The normalized spacial score (nSPS) is 11.3. The molecule has 0 fully saturated rings. The average Bonchev–Trinajstić information content (AvgIpc) is 1.68. The first-order valence-electron chi connectivity index (χ1n) is 1.92. The molecule has 7 heavy (non-hydrogen) atoms. The lowest BCUT2D eigenvalue weighted by Crippen LogP contribution is -1.89. The summed E-state index contributed by atoms with van der Waals surface area (Å²) in [6.45, 7) is 1.58. The van der Waals surface area contributed by atoms with Crippen molar-refractivity contribution in [3.8, 4) is 0 Å². The lowest BCUT2D eigenvalue weighted by molar-refractivity contribution is -0.106. The van der Waals surface area contributed by atoms with E-state index in [-0.39, 0.29) is 6.42 Å². The molecule has 0 rings (SSSR count). The van der Waals surface area contributed by atoms with Crippen LogP contribution in [0.3, 0.4) is 0 Å². The van der Waals surface area contributed by atoms with Crippen molar-refractivity contribution in [2.24, 2.45) is 5.16 Å². The van der Waals surface area contributed by atoms with Gasteiger partial charge in [-0.2, -0.15) is 0 Å². The highest BCUT2D eigenvalue weighted by molar-refractivity contribution is 5.91. The van der Waals surface area contributed by atoms with Crippen molar-refractivity contribution in [1.29, 1.82) is 0 Å². The van der Waals surface area contributed by atoms with E-state index in [1.807, 2.05) is 0 Å². The van der Waals surface area contributed by atoms with Crippen LogP contribution in [-0.2, 0) is 4.79 Å². The summed E-state index contributed by atoms with van der Waals surface area (Å²) in [4.78, 5) is 9.58. The molecule has 0 spiro atoms. The topological polar surface area (TPSA) is 49.7 Å². The van der Waals surface area contributed by atoms with Gasteiger partial charge in [-0.1, -0.05) is 5.16 Å². The lowest BCUT2D eigenvalue weighted by Gasteiger charge is -1.81. The van der Waals surface area contributed by atoms with Crippen LogP contribution in [0.25, 0.3) is 0 Å². The van der Waals surface area contributed by atoms with Crippen molar-refractivity contribution in [3.05, 3.63) is 0 Å². The fraction of sp³-hybridized carbons (Fsp3) is 0.500. The molecule has 1 N–H and O–H groups in total. The molecule has 40 valence electrons. The van der Waals surface area contributed by atoms with E-state index in [2.05, 4.69) is 5.16 Å². The third-order valence-electron chi connectivity index (χ3n) is 0.549. The van der Waals surface area contributed by atoms with Crippen LogP contribution in [-0.4, -0.2) is 17.2 Å². The molecule has 0 unspecified atom stereocenters. The van der Waals surface area contributed by atoms with Crippen LogP contribution in [0.5, 0.6) is 0 Å². The molecule has 0 saturated heterocycles. The highest BCUT2D eigenvalue weighted by atomic mass is 16.4. The maximum atomic E-state index is 9.58. The van der Waals surface area contributed by atoms with Gasteiger partial charge >= 0.3 is 0 Å². The maximum absolute atomic E-state index is 9.58. The van der Waals surface area contributed by atoms with Crippen LogP contribution in [0.1, 0.15) is 13.3 Å². The summed E-state index contributed by atoms with van der Waals surface area (Å²) in [5.41, 5.74) is 0.440. The van der Waals surface area contributed by atoms with Gasteiger partial charge in [0.1, 0.15) is 6.29 Å². The van der Waals surface area contributed by atoms with Gasteiger partial charge < -0.3 is 10.0 Å². The minimum atomic E-state index is 0.219. The van der Waals surface area contributed by atoms with E-state index in [1.165, 1.54) is 0 Å². The number of oxime groups is 1. The largest absolute Gasteiger partial charge is 0.411 e. The molecule has 3 nitrogen and oxygen atoms in total. The molecule has 0 amide bonds. The van der Waals surface area contributed by atoms with Gasteiger partial charge in [-0.05, 0) is 6.92 Å². The van der Waals surface area contributed by atoms with Gasteiger partial charge in [0.05, 0.1) is 5.71 Å². The van der Waals surface area contributed by atoms with Gasteiger partial charge in [0.15, 0.2) is 0 Å². The predicted molar refractivity (Wildman–Crippen MR) is 25.6 cm³/mol. The Morgan fingerprint density at radius 3 is 2.71 bits per heavy atom. The summed E-state index contributed by atoms with van der Waals surface area (Å²) in [5.74, 6) is 0. The number of rotatable bonds is 2. The van der Waals surface area contributed by atoms with E-state index in [4.69, 9.17) is 5.21 Å². The van der Waals surface area contributed by atoms with Crippen molar-refractivity contribution in [2.75, 3.05) is 0 Å². The van der Waals surface area contributed by atoms with Crippen LogP contribution < -0.4 is 0 Å². The second-order valence-electron chi connectivity index (χ2n) is 1.21. The molecule has 0 heterocycles. The number of hydrogen-bond donors (Lipinski definition) is 1. The number of carbonyl (C=O) groups excluding carboxylic acids is 1. The molecular formula is C4H7NO2. The zero-order chi connectivity index (χ0) is 5.70. The molecule has 0 aliphatic heterocycles. The van der Waals surface area contributed by atoms with Gasteiger partial charge in [0.2, 0.25) is 0 Å². The number of nitrogens with zero attached hydrogens (tertiary/aromatic N) is 1. The molecular weight excluding hydrogens is 94.0 g/mol. The Morgan fingerprint density at radius 2 is 2.57 bits per heavy atom. The van der Waals surface area contributed by atoms with E-state index in [0.717, 1.165) is 0 Å². The van der Waals surface area contributed by atoms with Crippen LogP contribution in [0.15, 0.2) is 5.16 Å². The first-order chi connectivity index (χ1) is 3.31. The Morgan fingerprint density at radius 1 is 2.00 bits per heavy atom. The minimum Gasteiger partial charge on any atom is -0.411 e. The Kier molecular flexibility index (Phi) is 2.92. The number of carbonyl (C=O) groups is 1.